The van der Waals surface area contributed by atoms with Gasteiger partial charge < -0.3 is 10.1 Å². The van der Waals surface area contributed by atoms with Crippen LogP contribution in [-0.4, -0.2) is 13.2 Å². The molecule has 0 aromatic heterocycles. The number of rotatable bonds is 5. The summed E-state index contributed by atoms with van der Waals surface area (Å²) in [6, 6.07) is 8.74. The molecule has 1 aliphatic rings. The normalized spacial score (nSPS) is 25.6. The number of hydrogen-bond acceptors (Lipinski definition) is 2. The van der Waals surface area contributed by atoms with E-state index in [-0.39, 0.29) is 0 Å². The quantitative estimate of drug-likeness (QED) is 0.872. The van der Waals surface area contributed by atoms with Crippen LogP contribution in [0.2, 0.25) is 0 Å². The molecule has 0 radical (unpaired) electrons. The van der Waals surface area contributed by atoms with Gasteiger partial charge in [-0.2, -0.15) is 0 Å². The van der Waals surface area contributed by atoms with E-state index in [1.807, 2.05) is 7.05 Å². The van der Waals surface area contributed by atoms with Crippen molar-refractivity contribution in [2.24, 2.45) is 11.3 Å². The van der Waals surface area contributed by atoms with Crippen molar-refractivity contribution >= 4 is 0 Å². The van der Waals surface area contributed by atoms with Crippen molar-refractivity contribution in [3.63, 3.8) is 0 Å². The van der Waals surface area contributed by atoms with Crippen molar-refractivity contribution < 1.29 is 4.74 Å². The Hall–Kier alpha value is -0.860. The van der Waals surface area contributed by atoms with Gasteiger partial charge in [0.25, 0.3) is 0 Å². The maximum absolute atomic E-state index is 6.16. The smallest absolute Gasteiger partial charge is 0.0720 e. The molecule has 1 saturated carbocycles. The van der Waals surface area contributed by atoms with E-state index in [2.05, 4.69) is 50.4 Å². The highest BCUT2D eigenvalue weighted by molar-refractivity contribution is 5.21. The first-order valence-corrected chi connectivity index (χ1v) is 7.82. The Morgan fingerprint density at radius 3 is 2.40 bits per heavy atom. The van der Waals surface area contributed by atoms with Gasteiger partial charge in [0.15, 0.2) is 0 Å². The Morgan fingerprint density at radius 2 is 1.80 bits per heavy atom. The second kappa shape index (κ2) is 6.73. The minimum absolute atomic E-state index is 0.422. The van der Waals surface area contributed by atoms with Gasteiger partial charge >= 0.3 is 0 Å². The average molecular weight is 275 g/mol. The molecule has 112 valence electrons. The van der Waals surface area contributed by atoms with E-state index in [9.17, 15) is 0 Å². The van der Waals surface area contributed by atoms with Crippen molar-refractivity contribution in [3.05, 3.63) is 35.4 Å². The van der Waals surface area contributed by atoms with Gasteiger partial charge in [-0.25, -0.2) is 0 Å². The Morgan fingerprint density at radius 1 is 1.15 bits per heavy atom. The molecule has 2 nitrogen and oxygen atoms in total. The summed E-state index contributed by atoms with van der Waals surface area (Å²) in [6.07, 6.45) is 4.15. The van der Waals surface area contributed by atoms with Crippen LogP contribution in [0, 0.1) is 11.3 Å². The molecule has 1 aromatic rings. The molecular formula is C18H29NO. The van der Waals surface area contributed by atoms with E-state index >= 15 is 0 Å². The summed E-state index contributed by atoms with van der Waals surface area (Å²) < 4.78 is 6.16. The second-order valence-electron chi connectivity index (χ2n) is 7.19. The minimum Gasteiger partial charge on any atom is -0.374 e. The Labute approximate surface area is 123 Å². The molecule has 2 rings (SSSR count). The summed E-state index contributed by atoms with van der Waals surface area (Å²) in [7, 11) is 1.98. The molecule has 20 heavy (non-hydrogen) atoms. The number of nitrogens with one attached hydrogen (secondary N) is 1. The molecule has 1 aromatic carbocycles. The lowest BCUT2D eigenvalue weighted by atomic mass is 9.71. The predicted molar refractivity (Wildman–Crippen MR) is 84.6 cm³/mol. The van der Waals surface area contributed by atoms with Crippen LogP contribution in [0.1, 0.15) is 51.2 Å². The standard InChI is InChI=1S/C18H29NO/c1-14-9-17(11-18(2,3)10-14)20-13-16-7-5-15(6-8-16)12-19-4/h5-8,14,17,19H,9-13H2,1-4H3. The molecule has 0 aliphatic heterocycles. The third-order valence-corrected chi connectivity index (χ3v) is 4.24. The molecule has 0 bridgehead atoms. The molecule has 0 amide bonds. The van der Waals surface area contributed by atoms with Crippen LogP contribution in [0.25, 0.3) is 0 Å². The zero-order chi connectivity index (χ0) is 14.6. The van der Waals surface area contributed by atoms with E-state index in [0.29, 0.717) is 11.5 Å². The summed E-state index contributed by atoms with van der Waals surface area (Å²) in [4.78, 5) is 0. The molecule has 0 spiro atoms. The molecule has 1 fully saturated rings. The first kappa shape index (κ1) is 15.5. The maximum Gasteiger partial charge on any atom is 0.0720 e. The first-order chi connectivity index (χ1) is 9.48. The van der Waals surface area contributed by atoms with Crippen molar-refractivity contribution in [3.8, 4) is 0 Å². The van der Waals surface area contributed by atoms with Gasteiger partial charge in [-0.05, 0) is 48.8 Å². The lowest BCUT2D eigenvalue weighted by Crippen LogP contribution is -2.32. The van der Waals surface area contributed by atoms with Gasteiger partial charge in [0.2, 0.25) is 0 Å². The Bertz CT molecular complexity index is 410. The third kappa shape index (κ3) is 4.60. The van der Waals surface area contributed by atoms with Gasteiger partial charge in [0, 0.05) is 6.54 Å². The summed E-state index contributed by atoms with van der Waals surface area (Å²) in [5, 5.41) is 3.17. The van der Waals surface area contributed by atoms with Gasteiger partial charge in [-0.1, -0.05) is 45.0 Å². The monoisotopic (exact) mass is 275 g/mol. The largest absolute Gasteiger partial charge is 0.374 e. The zero-order valence-corrected chi connectivity index (χ0v) is 13.4. The topological polar surface area (TPSA) is 21.3 Å². The van der Waals surface area contributed by atoms with Crippen LogP contribution >= 0.6 is 0 Å². The predicted octanol–water partition coefficient (Wildman–Crippen LogP) is 4.14. The highest BCUT2D eigenvalue weighted by atomic mass is 16.5. The Kier molecular flexibility index (Phi) is 5.22. The molecule has 2 heteroatoms. The van der Waals surface area contributed by atoms with Crippen LogP contribution in [0.15, 0.2) is 24.3 Å². The average Bonchev–Trinajstić information content (AvgIpc) is 2.36. The molecule has 2 atom stereocenters. The fourth-order valence-electron chi connectivity index (χ4n) is 3.56. The summed E-state index contributed by atoms with van der Waals surface area (Å²) in [6.45, 7) is 8.75. The fourth-order valence-corrected chi connectivity index (χ4v) is 3.56. The van der Waals surface area contributed by atoms with E-state index in [4.69, 9.17) is 4.74 Å². The summed E-state index contributed by atoms with van der Waals surface area (Å²) >= 11 is 0. The van der Waals surface area contributed by atoms with Gasteiger partial charge in [-0.3, -0.25) is 0 Å². The van der Waals surface area contributed by atoms with Gasteiger partial charge in [-0.15, -0.1) is 0 Å². The van der Waals surface area contributed by atoms with Crippen molar-refractivity contribution in [2.45, 2.75) is 59.3 Å². The SMILES string of the molecule is CNCc1ccc(COC2CC(C)CC(C)(C)C2)cc1. The maximum atomic E-state index is 6.16. The molecular weight excluding hydrogens is 246 g/mol. The van der Waals surface area contributed by atoms with Crippen LogP contribution in [0.5, 0.6) is 0 Å². The zero-order valence-electron chi connectivity index (χ0n) is 13.4. The van der Waals surface area contributed by atoms with Crippen molar-refractivity contribution in [1.82, 2.24) is 5.32 Å². The first-order valence-electron chi connectivity index (χ1n) is 7.82. The van der Waals surface area contributed by atoms with Crippen molar-refractivity contribution in [1.29, 1.82) is 0 Å². The van der Waals surface area contributed by atoms with Gasteiger partial charge in [0.05, 0.1) is 12.7 Å². The fraction of sp³-hybridized carbons (Fsp3) is 0.667. The molecule has 1 aliphatic carbocycles. The third-order valence-electron chi connectivity index (χ3n) is 4.24. The molecule has 0 heterocycles. The lowest BCUT2D eigenvalue weighted by Gasteiger charge is -2.38. The summed E-state index contributed by atoms with van der Waals surface area (Å²) in [5.74, 6) is 0.779. The number of benzene rings is 1. The Balaban J connectivity index is 1.85. The van der Waals surface area contributed by atoms with Crippen LogP contribution in [0.4, 0.5) is 0 Å². The van der Waals surface area contributed by atoms with Crippen LogP contribution in [-0.2, 0) is 17.9 Å². The summed E-state index contributed by atoms with van der Waals surface area (Å²) in [5.41, 5.74) is 3.03. The molecule has 2 unspecified atom stereocenters. The number of hydrogen-bond donors (Lipinski definition) is 1. The van der Waals surface area contributed by atoms with E-state index in [1.165, 1.54) is 30.4 Å². The van der Waals surface area contributed by atoms with Crippen molar-refractivity contribution in [2.75, 3.05) is 7.05 Å². The van der Waals surface area contributed by atoms with Crippen LogP contribution < -0.4 is 5.32 Å². The van der Waals surface area contributed by atoms with Crippen LogP contribution in [0.3, 0.4) is 0 Å². The van der Waals surface area contributed by atoms with Gasteiger partial charge in [0.1, 0.15) is 0 Å². The highest BCUT2D eigenvalue weighted by Gasteiger charge is 2.32. The second-order valence-corrected chi connectivity index (χ2v) is 7.19. The molecule has 1 N–H and O–H groups in total. The van der Waals surface area contributed by atoms with E-state index in [1.54, 1.807) is 0 Å². The lowest BCUT2D eigenvalue weighted by molar-refractivity contribution is -0.0316. The van der Waals surface area contributed by atoms with E-state index < -0.39 is 0 Å². The minimum atomic E-state index is 0.422. The highest BCUT2D eigenvalue weighted by Crippen LogP contribution is 2.39. The van der Waals surface area contributed by atoms with E-state index in [0.717, 1.165) is 19.1 Å². The molecule has 0 saturated heterocycles. The number of ether oxygens (including phenoxy) is 1.